The zero-order chi connectivity index (χ0) is 13.0. The van der Waals surface area contributed by atoms with Crippen LogP contribution in [0.4, 0.5) is 9.93 Å². The summed E-state index contributed by atoms with van der Waals surface area (Å²) in [6, 6.07) is 0. The number of methoxy groups -OCH3 is 1. The molecule has 1 aliphatic heterocycles. The number of carbonyl (C=O) groups is 2. The monoisotopic (exact) mass is 269 g/mol. The summed E-state index contributed by atoms with van der Waals surface area (Å²) in [4.78, 5) is 27.8. The van der Waals surface area contributed by atoms with Gasteiger partial charge in [0, 0.05) is 24.4 Å². The summed E-state index contributed by atoms with van der Waals surface area (Å²) in [6.45, 7) is 1.35. The molecule has 0 aliphatic carbocycles. The van der Waals surface area contributed by atoms with Crippen molar-refractivity contribution in [3.05, 3.63) is 11.1 Å². The average Bonchev–Trinajstić information content (AvgIpc) is 2.87. The number of carbonyl (C=O) groups excluding carboxylic acids is 2. The van der Waals surface area contributed by atoms with Gasteiger partial charge < -0.3 is 15.0 Å². The smallest absolute Gasteiger partial charge is 0.409 e. The number of piperidine rings is 1. The van der Waals surface area contributed by atoms with Crippen LogP contribution in [0.25, 0.3) is 0 Å². The number of nitrogens with zero attached hydrogens (tertiary/aromatic N) is 2. The van der Waals surface area contributed by atoms with Crippen LogP contribution in [0.15, 0.2) is 5.38 Å². The molecule has 7 heteroatoms. The summed E-state index contributed by atoms with van der Waals surface area (Å²) in [6.07, 6.45) is 2.26. The fourth-order valence-electron chi connectivity index (χ4n) is 2.10. The van der Waals surface area contributed by atoms with Crippen molar-refractivity contribution in [2.75, 3.05) is 25.5 Å². The molecule has 2 rings (SSSR count). The van der Waals surface area contributed by atoms with Crippen LogP contribution in [0.2, 0.25) is 0 Å². The number of hydrogen-bond acceptors (Lipinski definition) is 5. The molecule has 1 saturated heterocycles. The predicted molar refractivity (Wildman–Crippen MR) is 67.8 cm³/mol. The van der Waals surface area contributed by atoms with E-state index in [1.165, 1.54) is 18.4 Å². The Morgan fingerprint density at radius 2 is 2.56 bits per heavy atom. The number of ether oxygens (including phenoxy) is 1. The lowest BCUT2D eigenvalue weighted by molar-refractivity contribution is -0.105. The molecule has 1 aliphatic rings. The molecule has 2 amide bonds. The maximum absolute atomic E-state index is 11.5. The summed E-state index contributed by atoms with van der Waals surface area (Å²) >= 11 is 1.39. The van der Waals surface area contributed by atoms with E-state index >= 15 is 0 Å². The number of likely N-dealkylation sites (tertiary alicyclic amines) is 1. The van der Waals surface area contributed by atoms with Gasteiger partial charge in [-0.15, -0.1) is 11.3 Å². The van der Waals surface area contributed by atoms with E-state index < -0.39 is 0 Å². The molecule has 0 spiro atoms. The highest BCUT2D eigenvalue weighted by Crippen LogP contribution is 2.29. The minimum atomic E-state index is -0.291. The van der Waals surface area contributed by atoms with E-state index in [9.17, 15) is 9.59 Å². The van der Waals surface area contributed by atoms with Crippen molar-refractivity contribution in [2.45, 2.75) is 18.8 Å². The number of aromatic nitrogens is 1. The molecular weight excluding hydrogens is 254 g/mol. The van der Waals surface area contributed by atoms with Crippen LogP contribution < -0.4 is 5.32 Å². The van der Waals surface area contributed by atoms with Crippen molar-refractivity contribution < 1.29 is 14.3 Å². The van der Waals surface area contributed by atoms with Crippen LogP contribution in [0, 0.1) is 0 Å². The molecule has 1 aromatic heterocycles. The largest absolute Gasteiger partial charge is 0.453 e. The summed E-state index contributed by atoms with van der Waals surface area (Å²) in [5.74, 6) is 0.219. The zero-order valence-corrected chi connectivity index (χ0v) is 10.9. The fraction of sp³-hybridized carbons (Fsp3) is 0.545. The van der Waals surface area contributed by atoms with Gasteiger partial charge in [0.2, 0.25) is 6.41 Å². The molecule has 0 aromatic carbocycles. The lowest BCUT2D eigenvalue weighted by Gasteiger charge is -2.30. The fourth-order valence-corrected chi connectivity index (χ4v) is 2.86. The van der Waals surface area contributed by atoms with Gasteiger partial charge in [-0.2, -0.15) is 0 Å². The van der Waals surface area contributed by atoms with Crippen molar-refractivity contribution in [3.63, 3.8) is 0 Å². The van der Waals surface area contributed by atoms with E-state index in [0.29, 0.717) is 18.1 Å². The van der Waals surface area contributed by atoms with Gasteiger partial charge in [-0.05, 0) is 12.8 Å². The molecule has 0 saturated carbocycles. The van der Waals surface area contributed by atoms with Gasteiger partial charge in [0.25, 0.3) is 0 Å². The molecule has 6 nitrogen and oxygen atoms in total. The van der Waals surface area contributed by atoms with Crippen LogP contribution in [0.3, 0.4) is 0 Å². The zero-order valence-electron chi connectivity index (χ0n) is 10.1. The van der Waals surface area contributed by atoms with Gasteiger partial charge in [0.05, 0.1) is 12.8 Å². The SMILES string of the molecule is COC(=O)N1CCCC(c2csc(NC=O)n2)C1. The number of hydrogen-bond donors (Lipinski definition) is 1. The molecule has 1 aromatic rings. The third-order valence-electron chi connectivity index (χ3n) is 2.98. The molecule has 18 heavy (non-hydrogen) atoms. The van der Waals surface area contributed by atoms with Gasteiger partial charge in [0.1, 0.15) is 0 Å². The molecule has 2 heterocycles. The lowest BCUT2D eigenvalue weighted by atomic mass is 9.96. The van der Waals surface area contributed by atoms with Crippen molar-refractivity contribution in [1.29, 1.82) is 0 Å². The first-order valence-corrected chi connectivity index (χ1v) is 6.61. The number of nitrogens with one attached hydrogen (secondary N) is 1. The first-order chi connectivity index (χ1) is 8.74. The van der Waals surface area contributed by atoms with Crippen molar-refractivity contribution in [2.24, 2.45) is 0 Å². The van der Waals surface area contributed by atoms with E-state index in [1.54, 1.807) is 4.90 Å². The van der Waals surface area contributed by atoms with Gasteiger partial charge in [0.15, 0.2) is 5.13 Å². The Morgan fingerprint density at radius 1 is 1.72 bits per heavy atom. The Hall–Kier alpha value is -1.63. The van der Waals surface area contributed by atoms with E-state index in [-0.39, 0.29) is 12.0 Å². The third-order valence-corrected chi connectivity index (χ3v) is 3.77. The van der Waals surface area contributed by atoms with Crippen molar-refractivity contribution in [3.8, 4) is 0 Å². The Balaban J connectivity index is 2.03. The molecule has 1 unspecified atom stereocenters. The minimum absolute atomic E-state index is 0.219. The first-order valence-electron chi connectivity index (χ1n) is 5.73. The maximum atomic E-state index is 11.5. The number of anilines is 1. The van der Waals surface area contributed by atoms with Crippen LogP contribution in [0.5, 0.6) is 0 Å². The predicted octanol–water partition coefficient (Wildman–Crippen LogP) is 1.66. The van der Waals surface area contributed by atoms with Crippen LogP contribution >= 0.6 is 11.3 Å². The van der Waals surface area contributed by atoms with Gasteiger partial charge in [-0.25, -0.2) is 9.78 Å². The standard InChI is InChI=1S/C11H15N3O3S/c1-17-11(16)14-4-2-3-8(5-14)9-6-18-10(13-9)12-7-15/h6-8H,2-5H2,1H3,(H,12,13,15). The summed E-state index contributed by atoms with van der Waals surface area (Å²) < 4.78 is 4.73. The molecule has 98 valence electrons. The third kappa shape index (κ3) is 2.79. The average molecular weight is 269 g/mol. The second kappa shape index (κ2) is 5.81. The Morgan fingerprint density at radius 3 is 3.28 bits per heavy atom. The van der Waals surface area contributed by atoms with Crippen LogP contribution in [0.1, 0.15) is 24.5 Å². The molecule has 0 radical (unpaired) electrons. The maximum Gasteiger partial charge on any atom is 0.409 e. The molecule has 1 atom stereocenters. The highest BCUT2D eigenvalue weighted by atomic mass is 32.1. The normalized spacial score (nSPS) is 19.4. The number of amides is 2. The highest BCUT2D eigenvalue weighted by molar-refractivity contribution is 7.13. The molecule has 1 fully saturated rings. The summed E-state index contributed by atoms with van der Waals surface area (Å²) in [7, 11) is 1.39. The Labute approximate surface area is 109 Å². The Kier molecular flexibility index (Phi) is 4.14. The topological polar surface area (TPSA) is 71.5 Å². The van der Waals surface area contributed by atoms with Crippen LogP contribution in [-0.4, -0.2) is 42.6 Å². The second-order valence-electron chi connectivity index (χ2n) is 4.09. The van der Waals surface area contributed by atoms with Crippen molar-refractivity contribution in [1.82, 2.24) is 9.88 Å². The van der Waals surface area contributed by atoms with E-state index in [4.69, 9.17) is 4.74 Å². The van der Waals surface area contributed by atoms with Gasteiger partial charge in [-0.3, -0.25) is 4.79 Å². The van der Waals surface area contributed by atoms with E-state index in [2.05, 4.69) is 10.3 Å². The summed E-state index contributed by atoms with van der Waals surface area (Å²) in [5.41, 5.74) is 0.929. The molecular formula is C11H15N3O3S. The number of thiazole rings is 1. The quantitative estimate of drug-likeness (QED) is 0.847. The minimum Gasteiger partial charge on any atom is -0.453 e. The van der Waals surface area contributed by atoms with E-state index in [0.717, 1.165) is 25.1 Å². The van der Waals surface area contributed by atoms with Gasteiger partial charge >= 0.3 is 6.09 Å². The van der Waals surface area contributed by atoms with Crippen molar-refractivity contribution >= 4 is 29.0 Å². The van der Waals surface area contributed by atoms with Crippen LogP contribution in [-0.2, 0) is 9.53 Å². The lowest BCUT2D eigenvalue weighted by Crippen LogP contribution is -2.39. The molecule has 0 bridgehead atoms. The van der Waals surface area contributed by atoms with E-state index in [1.807, 2.05) is 5.38 Å². The summed E-state index contributed by atoms with van der Waals surface area (Å²) in [5, 5.41) is 5.05. The highest BCUT2D eigenvalue weighted by Gasteiger charge is 2.26. The molecule has 1 N–H and O–H groups in total. The second-order valence-corrected chi connectivity index (χ2v) is 4.95. The Bertz CT molecular complexity index is 435. The number of rotatable bonds is 3. The first kappa shape index (κ1) is 12.8. The van der Waals surface area contributed by atoms with Gasteiger partial charge in [-0.1, -0.05) is 0 Å².